The van der Waals surface area contributed by atoms with Crippen molar-refractivity contribution in [2.24, 2.45) is 0 Å². The minimum atomic E-state index is 0.633. The smallest absolute Gasteiger partial charge is 0.181 e. The Kier molecular flexibility index (Phi) is 4.18. The van der Waals surface area contributed by atoms with Crippen molar-refractivity contribution >= 4 is 32.4 Å². The minimum absolute atomic E-state index is 0.633. The maximum atomic E-state index is 5.66. The molecule has 4 heteroatoms. The first-order valence-electron chi connectivity index (χ1n) is 5.67. The van der Waals surface area contributed by atoms with Gasteiger partial charge in [-0.25, -0.2) is 4.98 Å². The van der Waals surface area contributed by atoms with Crippen LogP contribution in [0.2, 0.25) is 0 Å². The third kappa shape index (κ3) is 3.30. The van der Waals surface area contributed by atoms with Gasteiger partial charge in [0.25, 0.3) is 0 Å². The number of nitrogens with two attached hydrogens (primary N) is 1. The average Bonchev–Trinajstić information content (AvgIpc) is 2.66. The molecule has 0 fully saturated rings. The monoisotopic (exact) mass is 310 g/mol. The molecule has 0 saturated heterocycles. The Bertz CT molecular complexity index is 491. The van der Waals surface area contributed by atoms with E-state index in [0.29, 0.717) is 5.13 Å². The van der Waals surface area contributed by atoms with Gasteiger partial charge in [-0.05, 0) is 46.3 Å². The average molecular weight is 311 g/mol. The van der Waals surface area contributed by atoms with Crippen molar-refractivity contribution in [2.45, 2.75) is 26.2 Å². The highest BCUT2D eigenvalue weighted by atomic mass is 79.9. The van der Waals surface area contributed by atoms with Gasteiger partial charge in [-0.1, -0.05) is 42.5 Å². The molecule has 0 saturated carbocycles. The molecule has 1 aromatic carbocycles. The Hall–Kier alpha value is -0.870. The summed E-state index contributed by atoms with van der Waals surface area (Å²) in [7, 11) is 0. The topological polar surface area (TPSA) is 38.9 Å². The van der Waals surface area contributed by atoms with Crippen molar-refractivity contribution in [3.8, 4) is 0 Å². The van der Waals surface area contributed by atoms with Crippen molar-refractivity contribution < 1.29 is 0 Å². The Balaban J connectivity index is 1.99. The molecule has 0 atom stereocenters. The maximum Gasteiger partial charge on any atom is 0.181 e. The quantitative estimate of drug-likeness (QED) is 0.932. The summed E-state index contributed by atoms with van der Waals surface area (Å²) in [5.41, 5.74) is 9.46. The molecule has 1 aromatic heterocycles. The second kappa shape index (κ2) is 5.65. The molecule has 0 unspecified atom stereocenters. The molecule has 90 valence electrons. The highest BCUT2D eigenvalue weighted by molar-refractivity contribution is 9.11. The number of thiazole rings is 1. The second-order valence-corrected chi connectivity index (χ2v) is 6.29. The maximum absolute atomic E-state index is 5.66. The summed E-state index contributed by atoms with van der Waals surface area (Å²) in [5.74, 6) is 0. The molecule has 2 nitrogen and oxygen atoms in total. The van der Waals surface area contributed by atoms with E-state index in [1.165, 1.54) is 22.5 Å². The van der Waals surface area contributed by atoms with E-state index in [-0.39, 0.29) is 0 Å². The fourth-order valence-electron chi connectivity index (χ4n) is 1.71. The Morgan fingerprint density at radius 2 is 1.82 bits per heavy atom. The number of anilines is 1. The van der Waals surface area contributed by atoms with Gasteiger partial charge in [0.15, 0.2) is 5.13 Å². The predicted octanol–water partition coefficient (Wildman–Crippen LogP) is 3.84. The predicted molar refractivity (Wildman–Crippen MR) is 77.5 cm³/mol. The molecule has 0 aliphatic rings. The molecule has 0 aliphatic heterocycles. The molecule has 0 amide bonds. The van der Waals surface area contributed by atoms with Gasteiger partial charge in [-0.2, -0.15) is 0 Å². The second-order valence-electron chi connectivity index (χ2n) is 3.94. The third-order valence-corrected chi connectivity index (χ3v) is 4.41. The number of benzene rings is 1. The van der Waals surface area contributed by atoms with Gasteiger partial charge in [-0.3, -0.25) is 0 Å². The number of hydrogen-bond acceptors (Lipinski definition) is 3. The van der Waals surface area contributed by atoms with Crippen LogP contribution in [0, 0.1) is 0 Å². The summed E-state index contributed by atoms with van der Waals surface area (Å²) in [4.78, 5) is 4.31. The number of aryl methyl sites for hydroxylation is 3. The SMILES string of the molecule is CCc1ccc(CCc2nc(N)sc2Br)cc1. The van der Waals surface area contributed by atoms with Gasteiger partial charge in [-0.15, -0.1) is 0 Å². The number of nitrogen functional groups attached to an aromatic ring is 1. The van der Waals surface area contributed by atoms with Gasteiger partial charge in [0.2, 0.25) is 0 Å². The van der Waals surface area contributed by atoms with Crippen molar-refractivity contribution in [3.05, 3.63) is 44.9 Å². The molecule has 0 spiro atoms. The van der Waals surface area contributed by atoms with Gasteiger partial charge < -0.3 is 5.73 Å². The van der Waals surface area contributed by atoms with E-state index in [1.807, 2.05) is 0 Å². The van der Waals surface area contributed by atoms with Crippen LogP contribution < -0.4 is 5.73 Å². The van der Waals surface area contributed by atoms with E-state index in [0.717, 1.165) is 28.7 Å². The molecular formula is C13H15BrN2S. The first-order chi connectivity index (χ1) is 8.19. The molecule has 0 radical (unpaired) electrons. The van der Waals surface area contributed by atoms with Crippen LogP contribution in [-0.2, 0) is 19.3 Å². The lowest BCUT2D eigenvalue weighted by molar-refractivity contribution is 0.920. The minimum Gasteiger partial charge on any atom is -0.375 e. The normalized spacial score (nSPS) is 10.7. The molecule has 1 heterocycles. The van der Waals surface area contributed by atoms with Crippen LogP contribution in [0.1, 0.15) is 23.7 Å². The lowest BCUT2D eigenvalue weighted by atomic mass is 10.1. The summed E-state index contributed by atoms with van der Waals surface area (Å²) < 4.78 is 1.06. The van der Waals surface area contributed by atoms with Crippen molar-refractivity contribution in [2.75, 3.05) is 5.73 Å². The molecular weight excluding hydrogens is 296 g/mol. The zero-order chi connectivity index (χ0) is 12.3. The van der Waals surface area contributed by atoms with Gasteiger partial charge in [0, 0.05) is 0 Å². The van der Waals surface area contributed by atoms with Gasteiger partial charge in [0.05, 0.1) is 9.48 Å². The van der Waals surface area contributed by atoms with E-state index >= 15 is 0 Å². The number of hydrogen-bond donors (Lipinski definition) is 1. The molecule has 2 rings (SSSR count). The summed E-state index contributed by atoms with van der Waals surface area (Å²) in [6, 6.07) is 8.78. The van der Waals surface area contributed by atoms with Crippen molar-refractivity contribution in [3.63, 3.8) is 0 Å². The van der Waals surface area contributed by atoms with E-state index in [2.05, 4.69) is 52.1 Å². The number of halogens is 1. The summed E-state index contributed by atoms with van der Waals surface area (Å²) in [6.45, 7) is 2.17. The van der Waals surface area contributed by atoms with Gasteiger partial charge >= 0.3 is 0 Å². The zero-order valence-corrected chi connectivity index (χ0v) is 12.1. The highest BCUT2D eigenvalue weighted by Crippen LogP contribution is 2.27. The van der Waals surface area contributed by atoms with Crippen LogP contribution in [0.4, 0.5) is 5.13 Å². The zero-order valence-electron chi connectivity index (χ0n) is 9.74. The molecule has 2 aromatic rings. The lowest BCUT2D eigenvalue weighted by Crippen LogP contribution is -1.93. The molecule has 0 bridgehead atoms. The van der Waals surface area contributed by atoms with Crippen LogP contribution in [0.15, 0.2) is 28.1 Å². The third-order valence-electron chi connectivity index (χ3n) is 2.75. The van der Waals surface area contributed by atoms with Crippen molar-refractivity contribution in [1.29, 1.82) is 0 Å². The first-order valence-corrected chi connectivity index (χ1v) is 7.28. The Morgan fingerprint density at radius 1 is 1.18 bits per heavy atom. The van der Waals surface area contributed by atoms with E-state index in [4.69, 9.17) is 5.73 Å². The Morgan fingerprint density at radius 3 is 2.35 bits per heavy atom. The van der Waals surface area contributed by atoms with Crippen LogP contribution in [0.5, 0.6) is 0 Å². The number of aromatic nitrogens is 1. The Labute approximate surface area is 114 Å². The molecule has 0 aliphatic carbocycles. The summed E-state index contributed by atoms with van der Waals surface area (Å²) >= 11 is 4.98. The number of rotatable bonds is 4. The lowest BCUT2D eigenvalue weighted by Gasteiger charge is -2.02. The largest absolute Gasteiger partial charge is 0.375 e. The molecule has 2 N–H and O–H groups in total. The van der Waals surface area contributed by atoms with E-state index in [9.17, 15) is 0 Å². The summed E-state index contributed by atoms with van der Waals surface area (Å²) in [6.07, 6.45) is 3.03. The standard InChI is InChI=1S/C13H15BrN2S/c1-2-9-3-5-10(6-4-9)7-8-11-12(14)17-13(15)16-11/h3-6H,2,7-8H2,1H3,(H2,15,16). The van der Waals surface area contributed by atoms with Crippen LogP contribution in [0.25, 0.3) is 0 Å². The number of nitrogens with zero attached hydrogens (tertiary/aromatic N) is 1. The fourth-order valence-corrected chi connectivity index (χ4v) is 3.10. The fraction of sp³-hybridized carbons (Fsp3) is 0.308. The van der Waals surface area contributed by atoms with Crippen LogP contribution in [-0.4, -0.2) is 4.98 Å². The summed E-state index contributed by atoms with van der Waals surface area (Å²) in [5, 5.41) is 0.633. The van der Waals surface area contributed by atoms with Crippen LogP contribution in [0.3, 0.4) is 0 Å². The first kappa shape index (κ1) is 12.6. The van der Waals surface area contributed by atoms with Crippen LogP contribution >= 0.6 is 27.3 Å². The van der Waals surface area contributed by atoms with Crippen molar-refractivity contribution in [1.82, 2.24) is 4.98 Å². The van der Waals surface area contributed by atoms with E-state index in [1.54, 1.807) is 0 Å². The van der Waals surface area contributed by atoms with E-state index < -0.39 is 0 Å². The van der Waals surface area contributed by atoms with Gasteiger partial charge in [0.1, 0.15) is 0 Å². The highest BCUT2D eigenvalue weighted by Gasteiger charge is 2.06. The molecule has 17 heavy (non-hydrogen) atoms.